The number of oxazole rings is 1. The van der Waals surface area contributed by atoms with Gasteiger partial charge >= 0.3 is 0 Å². The number of carbonyl (C=O) groups excluding carboxylic acids is 1. The number of anilines is 2. The summed E-state index contributed by atoms with van der Waals surface area (Å²) in [5.41, 5.74) is 9.00. The van der Waals surface area contributed by atoms with E-state index in [1.165, 1.54) is 6.07 Å². The first-order valence-corrected chi connectivity index (χ1v) is 15.5. The Bertz CT molecular complexity index is 2250. The van der Waals surface area contributed by atoms with E-state index < -0.39 is 5.60 Å². The Morgan fingerprint density at radius 3 is 2.53 bits per heavy atom. The van der Waals surface area contributed by atoms with Gasteiger partial charge in [-0.2, -0.15) is 5.26 Å². The van der Waals surface area contributed by atoms with Crippen LogP contribution in [-0.4, -0.2) is 54.9 Å². The number of pyridine rings is 1. The number of aldehydes is 1. The van der Waals surface area contributed by atoms with Crippen molar-refractivity contribution in [2.24, 2.45) is 0 Å². The third-order valence-electron chi connectivity index (χ3n) is 8.85. The van der Waals surface area contributed by atoms with Crippen LogP contribution in [0.1, 0.15) is 51.8 Å². The van der Waals surface area contributed by atoms with Gasteiger partial charge in [0, 0.05) is 42.6 Å². The molecule has 1 aliphatic heterocycles. The Morgan fingerprint density at radius 1 is 1.02 bits per heavy atom. The number of aryl methyl sites for hydroxylation is 1. The summed E-state index contributed by atoms with van der Waals surface area (Å²) in [5, 5.41) is 23.5. The smallest absolute Gasteiger partial charge is 0.227 e. The van der Waals surface area contributed by atoms with Crippen molar-refractivity contribution in [2.75, 3.05) is 18.4 Å². The van der Waals surface area contributed by atoms with Gasteiger partial charge < -0.3 is 14.8 Å². The Kier molecular flexibility index (Phi) is 7.51. The number of carbonyl (C=O) groups is 1. The number of aromatic nitrogens is 4. The molecule has 3 aromatic heterocycles. The highest BCUT2D eigenvalue weighted by molar-refractivity contribution is 5.91. The van der Waals surface area contributed by atoms with Gasteiger partial charge in [0.05, 0.1) is 16.7 Å². The summed E-state index contributed by atoms with van der Waals surface area (Å²) >= 11 is 0. The molecule has 0 saturated carbocycles. The van der Waals surface area contributed by atoms with Gasteiger partial charge in [0.1, 0.15) is 29.2 Å². The highest BCUT2D eigenvalue weighted by Crippen LogP contribution is 2.37. The van der Waals surface area contributed by atoms with Crippen molar-refractivity contribution in [3.8, 4) is 28.7 Å². The second-order valence-corrected chi connectivity index (χ2v) is 12.5. The fourth-order valence-electron chi connectivity index (χ4n) is 6.45. The molecule has 234 valence electrons. The lowest BCUT2D eigenvalue weighted by atomic mass is 9.93. The minimum atomic E-state index is -0.652. The molecule has 1 atom stereocenters. The van der Waals surface area contributed by atoms with Crippen molar-refractivity contribution in [2.45, 2.75) is 46.3 Å². The number of nitrogens with one attached hydrogen (secondary N) is 1. The molecule has 0 amide bonds. The van der Waals surface area contributed by atoms with Crippen molar-refractivity contribution in [1.82, 2.24) is 24.8 Å². The zero-order chi connectivity index (χ0) is 32.9. The van der Waals surface area contributed by atoms with Crippen molar-refractivity contribution < 1.29 is 14.3 Å². The monoisotopic (exact) mass is 623 g/mol. The van der Waals surface area contributed by atoms with E-state index in [0.29, 0.717) is 59.1 Å². The predicted molar refractivity (Wildman–Crippen MR) is 180 cm³/mol. The first kappa shape index (κ1) is 30.2. The topological polar surface area (TPSA) is 141 Å². The second kappa shape index (κ2) is 11.7. The van der Waals surface area contributed by atoms with Gasteiger partial charge in [0.2, 0.25) is 5.89 Å². The number of nitriles is 1. The van der Waals surface area contributed by atoms with E-state index in [2.05, 4.69) is 51.4 Å². The lowest BCUT2D eigenvalue weighted by Crippen LogP contribution is -2.29. The van der Waals surface area contributed by atoms with Gasteiger partial charge in [-0.1, -0.05) is 24.3 Å². The number of β-amino-alcohol motifs (C(OH)–C–C–N with tert-alkyl or cyclic N) is 1. The number of aliphatic hydroxyl groups is 1. The quantitative estimate of drug-likeness (QED) is 0.182. The fraction of sp³-hybridized carbons (Fsp3) is 0.243. The van der Waals surface area contributed by atoms with E-state index in [4.69, 9.17) is 14.4 Å². The van der Waals surface area contributed by atoms with E-state index in [9.17, 15) is 15.2 Å². The summed E-state index contributed by atoms with van der Waals surface area (Å²) in [4.78, 5) is 32.5. The molecule has 0 unspecified atom stereocenters. The molecule has 1 saturated heterocycles. The molecule has 6 aromatic rings. The number of rotatable bonds is 7. The van der Waals surface area contributed by atoms with E-state index in [1.54, 1.807) is 6.07 Å². The highest BCUT2D eigenvalue weighted by atomic mass is 16.3. The van der Waals surface area contributed by atoms with E-state index in [0.717, 1.165) is 57.6 Å². The second-order valence-electron chi connectivity index (χ2n) is 12.5. The largest absolute Gasteiger partial charge is 0.435 e. The van der Waals surface area contributed by atoms with Crippen molar-refractivity contribution in [3.63, 3.8) is 0 Å². The molecule has 2 N–H and O–H groups in total. The molecular weight excluding hydrogens is 590 g/mol. The average molecular weight is 624 g/mol. The lowest BCUT2D eigenvalue weighted by Gasteiger charge is -2.19. The maximum absolute atomic E-state index is 11.4. The van der Waals surface area contributed by atoms with Crippen molar-refractivity contribution in [1.29, 1.82) is 5.26 Å². The number of nitrogens with zero attached hydrogens (tertiary/aromatic N) is 6. The molecule has 47 heavy (non-hydrogen) atoms. The van der Waals surface area contributed by atoms with Crippen LogP contribution in [0.3, 0.4) is 0 Å². The minimum absolute atomic E-state index is 0.269. The van der Waals surface area contributed by atoms with Gasteiger partial charge in [-0.25, -0.2) is 15.0 Å². The molecule has 10 heteroatoms. The van der Waals surface area contributed by atoms with Crippen molar-refractivity contribution in [3.05, 3.63) is 94.4 Å². The molecule has 4 heterocycles. The molecule has 1 fully saturated rings. The van der Waals surface area contributed by atoms with Gasteiger partial charge in [-0.3, -0.25) is 14.7 Å². The minimum Gasteiger partial charge on any atom is -0.435 e. The molecule has 3 aromatic carbocycles. The van der Waals surface area contributed by atoms with Gasteiger partial charge in [0.25, 0.3) is 0 Å². The lowest BCUT2D eigenvalue weighted by molar-refractivity contribution is 0.0679. The summed E-state index contributed by atoms with van der Waals surface area (Å²) < 4.78 is 6.09. The van der Waals surface area contributed by atoms with Gasteiger partial charge in [-0.15, -0.1) is 0 Å². The molecule has 0 aliphatic carbocycles. The van der Waals surface area contributed by atoms with Crippen LogP contribution in [0, 0.1) is 32.1 Å². The zero-order valence-corrected chi connectivity index (χ0v) is 26.6. The van der Waals surface area contributed by atoms with E-state index in [1.807, 2.05) is 51.2 Å². The Morgan fingerprint density at radius 2 is 1.79 bits per heavy atom. The normalized spacial score (nSPS) is 16.5. The van der Waals surface area contributed by atoms with Crippen LogP contribution in [0.2, 0.25) is 0 Å². The first-order valence-electron chi connectivity index (χ1n) is 15.5. The van der Waals surface area contributed by atoms with Crippen LogP contribution >= 0.6 is 0 Å². The molecule has 10 nitrogen and oxygen atoms in total. The SMILES string of the molecule is Cc1nc(Nc2cccc(-c3cccc(-c4nc5cc(C=O)cc(C#N)c5o4)c3C)c2C)c2ncc(CN3CC[C@](C)(O)C3)cc2n1. The predicted octanol–water partition coefficient (Wildman–Crippen LogP) is 6.81. The van der Waals surface area contributed by atoms with Crippen LogP contribution in [0.15, 0.2) is 65.2 Å². The maximum atomic E-state index is 11.4. The fourth-order valence-corrected chi connectivity index (χ4v) is 6.45. The van der Waals surface area contributed by atoms with Crippen LogP contribution in [0.4, 0.5) is 11.5 Å². The third-order valence-corrected chi connectivity index (χ3v) is 8.85. The summed E-state index contributed by atoms with van der Waals surface area (Å²) in [6.07, 6.45) is 3.32. The Hall–Kier alpha value is -5.50. The Labute approximate surface area is 271 Å². The number of benzene rings is 3. The number of hydrogen-bond acceptors (Lipinski definition) is 10. The van der Waals surface area contributed by atoms with Crippen LogP contribution in [0.25, 0.3) is 44.7 Å². The zero-order valence-electron chi connectivity index (χ0n) is 26.6. The summed E-state index contributed by atoms with van der Waals surface area (Å²) in [5.74, 6) is 1.65. The Balaban J connectivity index is 1.22. The summed E-state index contributed by atoms with van der Waals surface area (Å²) in [6, 6.07) is 19.4. The summed E-state index contributed by atoms with van der Waals surface area (Å²) in [7, 11) is 0. The van der Waals surface area contributed by atoms with Gasteiger partial charge in [0.15, 0.2) is 11.4 Å². The van der Waals surface area contributed by atoms with Crippen LogP contribution < -0.4 is 5.32 Å². The highest BCUT2D eigenvalue weighted by Gasteiger charge is 2.31. The summed E-state index contributed by atoms with van der Waals surface area (Å²) in [6.45, 7) is 10.0. The number of hydrogen-bond donors (Lipinski definition) is 2. The molecule has 0 radical (unpaired) electrons. The number of fused-ring (bicyclic) bond motifs is 2. The van der Waals surface area contributed by atoms with Crippen LogP contribution in [-0.2, 0) is 6.54 Å². The number of likely N-dealkylation sites (tertiary alicyclic amines) is 1. The molecule has 0 spiro atoms. The third kappa shape index (κ3) is 5.71. The molecular formula is C37H33N7O3. The molecule has 0 bridgehead atoms. The van der Waals surface area contributed by atoms with Gasteiger partial charge in [-0.05, 0) is 92.3 Å². The van der Waals surface area contributed by atoms with E-state index >= 15 is 0 Å². The first-order chi connectivity index (χ1) is 22.6. The average Bonchev–Trinajstić information content (AvgIpc) is 3.63. The standard InChI is InChI=1S/C37H33N7O3/c1-21-27(7-5-9-29(21)36-43-32-14-24(19-45)13-26(16-38)34(32)47-36)28-8-6-10-30(22(28)2)42-35-33-31(40-23(3)41-35)15-25(17-39-33)18-44-12-11-37(4,46)20-44/h5-10,13-15,17,19,46H,11-12,18,20H2,1-4H3,(H,40,41,42)/t37-/m0/s1. The van der Waals surface area contributed by atoms with Crippen LogP contribution in [0.5, 0.6) is 0 Å². The molecule has 1 aliphatic rings. The van der Waals surface area contributed by atoms with Crippen molar-refractivity contribution >= 4 is 39.9 Å². The maximum Gasteiger partial charge on any atom is 0.227 e. The molecule has 7 rings (SSSR count). The van der Waals surface area contributed by atoms with E-state index in [-0.39, 0.29) is 5.56 Å².